The van der Waals surface area contributed by atoms with Gasteiger partial charge in [-0.15, -0.1) is 0 Å². The maximum Gasteiger partial charge on any atom is 0.0542 e. The lowest BCUT2D eigenvalue weighted by atomic mass is 10.7. The lowest BCUT2D eigenvalue weighted by Gasteiger charge is -2.45. The van der Waals surface area contributed by atoms with Crippen molar-refractivity contribution in [3.05, 3.63) is 0 Å². The van der Waals surface area contributed by atoms with Gasteiger partial charge in [0, 0.05) is 23.0 Å². The summed E-state index contributed by atoms with van der Waals surface area (Å²) >= 11 is 0. The molecule has 2 rings (SSSR count). The molecule has 2 nitrogen and oxygen atoms in total. The summed E-state index contributed by atoms with van der Waals surface area (Å²) in [5, 5.41) is 0. The lowest BCUT2D eigenvalue weighted by Crippen LogP contribution is -2.34. The molecule has 2 aliphatic rings. The number of ether oxygens (including phenoxy) is 2. The van der Waals surface area contributed by atoms with Gasteiger partial charge in [0.1, 0.15) is 0 Å². The van der Waals surface area contributed by atoms with Gasteiger partial charge in [-0.1, -0.05) is 0 Å². The van der Waals surface area contributed by atoms with Crippen LogP contribution in [0.3, 0.4) is 0 Å². The van der Waals surface area contributed by atoms with Gasteiger partial charge >= 0.3 is 0 Å². The maximum absolute atomic E-state index is 5.38. The van der Waals surface area contributed by atoms with E-state index in [2.05, 4.69) is 0 Å². The summed E-state index contributed by atoms with van der Waals surface area (Å²) in [7, 11) is -0.249. The van der Waals surface area contributed by atoms with E-state index in [9.17, 15) is 0 Å². The number of rotatable bonds is 0. The van der Waals surface area contributed by atoms with E-state index < -0.39 is 0 Å². The zero-order valence-corrected chi connectivity index (χ0v) is 7.70. The van der Waals surface area contributed by atoms with E-state index in [4.69, 9.17) is 9.47 Å². The van der Waals surface area contributed by atoms with E-state index in [0.29, 0.717) is 0 Å². The fraction of sp³-hybridized carbons (Fsp3) is 1.00. The fourth-order valence-corrected chi connectivity index (χ4v) is 4.87. The molecule has 11 heavy (non-hydrogen) atoms. The van der Waals surface area contributed by atoms with Crippen LogP contribution in [0.2, 0.25) is 0 Å². The molecule has 0 atom stereocenters. The second-order valence-electron chi connectivity index (χ2n) is 3.27. The highest BCUT2D eigenvalue weighted by molar-refractivity contribution is 8.33. The molecule has 0 N–H and O–H groups in total. The zero-order chi connectivity index (χ0) is 7.57. The topological polar surface area (TPSA) is 18.5 Å². The van der Waals surface area contributed by atoms with E-state index in [1.807, 2.05) is 0 Å². The molecule has 2 heterocycles. The fourth-order valence-electron chi connectivity index (χ4n) is 1.76. The van der Waals surface area contributed by atoms with Crippen molar-refractivity contribution in [2.75, 3.05) is 49.4 Å². The smallest absolute Gasteiger partial charge is 0.0542 e. The largest absolute Gasteiger partial charge is 0.380 e. The van der Waals surface area contributed by atoms with E-state index in [1.54, 1.807) is 0 Å². The first kappa shape index (κ1) is 7.90. The summed E-state index contributed by atoms with van der Waals surface area (Å²) in [6.45, 7) is 4.04. The van der Waals surface area contributed by atoms with Gasteiger partial charge in [0.25, 0.3) is 0 Å². The van der Waals surface area contributed by atoms with Crippen LogP contribution in [0.4, 0.5) is 0 Å². The van der Waals surface area contributed by atoms with E-state index in [1.165, 1.54) is 23.0 Å². The van der Waals surface area contributed by atoms with E-state index in [0.717, 1.165) is 26.4 Å². The summed E-state index contributed by atoms with van der Waals surface area (Å²) in [5.74, 6) is 5.37. The molecule has 2 fully saturated rings. The predicted octanol–water partition coefficient (Wildman–Crippen LogP) is 0.851. The van der Waals surface area contributed by atoms with Gasteiger partial charge in [0.2, 0.25) is 0 Å². The molecule has 0 amide bonds. The molecule has 0 aromatic rings. The van der Waals surface area contributed by atoms with Gasteiger partial charge in [-0.2, -0.15) is 0 Å². The van der Waals surface area contributed by atoms with Gasteiger partial charge in [0.05, 0.1) is 26.4 Å². The second-order valence-corrected chi connectivity index (χ2v) is 7.35. The van der Waals surface area contributed by atoms with Crippen molar-refractivity contribution >= 4 is 10.0 Å². The molecule has 66 valence electrons. The molecule has 0 bridgehead atoms. The first-order valence-corrected chi connectivity index (χ1v) is 6.62. The number of hydrogen-bond donors (Lipinski definition) is 0. The molecular weight excluding hydrogens is 160 g/mol. The monoisotopic (exact) mass is 176 g/mol. The lowest BCUT2D eigenvalue weighted by molar-refractivity contribution is 0.145. The Balaban J connectivity index is 1.94. The average molecular weight is 176 g/mol. The third-order valence-electron chi connectivity index (χ3n) is 2.64. The summed E-state index contributed by atoms with van der Waals surface area (Å²) < 4.78 is 10.8. The van der Waals surface area contributed by atoms with Crippen LogP contribution in [0, 0.1) is 0 Å². The molecular formula is C8H16O2S. The molecule has 1 spiro atoms. The third-order valence-corrected chi connectivity index (χ3v) is 6.77. The van der Waals surface area contributed by atoms with Crippen LogP contribution in [0.25, 0.3) is 0 Å². The highest BCUT2D eigenvalue weighted by atomic mass is 32.3. The quantitative estimate of drug-likeness (QED) is 0.545. The summed E-state index contributed by atoms with van der Waals surface area (Å²) in [4.78, 5) is 0. The first-order valence-electron chi connectivity index (χ1n) is 4.31. The third kappa shape index (κ3) is 1.71. The molecule has 2 saturated heterocycles. The van der Waals surface area contributed by atoms with Crippen molar-refractivity contribution in [3.8, 4) is 0 Å². The van der Waals surface area contributed by atoms with Crippen LogP contribution in [0.1, 0.15) is 0 Å². The molecule has 0 aromatic heterocycles. The van der Waals surface area contributed by atoms with Gasteiger partial charge < -0.3 is 9.47 Å². The molecule has 0 unspecified atom stereocenters. The van der Waals surface area contributed by atoms with Gasteiger partial charge in [0.15, 0.2) is 0 Å². The summed E-state index contributed by atoms with van der Waals surface area (Å²) in [6, 6.07) is 0. The Labute approximate surface area is 69.6 Å². The van der Waals surface area contributed by atoms with Crippen LogP contribution in [0.5, 0.6) is 0 Å². The minimum Gasteiger partial charge on any atom is -0.380 e. The van der Waals surface area contributed by atoms with Gasteiger partial charge in [-0.05, 0) is 0 Å². The van der Waals surface area contributed by atoms with Crippen LogP contribution in [0.15, 0.2) is 0 Å². The van der Waals surface area contributed by atoms with Crippen molar-refractivity contribution in [2.24, 2.45) is 0 Å². The molecule has 2 aliphatic heterocycles. The van der Waals surface area contributed by atoms with Crippen molar-refractivity contribution in [1.29, 1.82) is 0 Å². The summed E-state index contributed by atoms with van der Waals surface area (Å²) in [6.07, 6.45) is 0. The first-order chi connectivity index (χ1) is 5.41. The van der Waals surface area contributed by atoms with Crippen molar-refractivity contribution in [3.63, 3.8) is 0 Å². The van der Waals surface area contributed by atoms with Crippen LogP contribution >= 0.6 is 10.0 Å². The molecule has 0 aliphatic carbocycles. The van der Waals surface area contributed by atoms with Crippen molar-refractivity contribution < 1.29 is 9.47 Å². The van der Waals surface area contributed by atoms with Crippen LogP contribution in [-0.4, -0.2) is 49.4 Å². The Bertz CT molecular complexity index is 107. The molecule has 0 radical (unpaired) electrons. The Morgan fingerprint density at radius 2 is 1.00 bits per heavy atom. The van der Waals surface area contributed by atoms with Crippen molar-refractivity contribution in [2.45, 2.75) is 0 Å². The van der Waals surface area contributed by atoms with Gasteiger partial charge in [-0.3, -0.25) is 0 Å². The molecule has 0 saturated carbocycles. The normalized spacial score (nSPS) is 33.5. The minimum absolute atomic E-state index is 0.249. The van der Waals surface area contributed by atoms with Crippen molar-refractivity contribution in [1.82, 2.24) is 0 Å². The predicted molar refractivity (Wildman–Crippen MR) is 48.7 cm³/mol. The Kier molecular flexibility index (Phi) is 2.39. The maximum atomic E-state index is 5.38. The molecule has 0 aromatic carbocycles. The van der Waals surface area contributed by atoms with E-state index >= 15 is 0 Å². The SMILES string of the molecule is C1CS2(CCO1)CCOCC2. The Hall–Kier alpha value is 0.270. The average Bonchev–Trinajstić information content (AvgIpc) is 2.07. The standard InChI is InChI=1S/C8H16O2S/c1-5-11(6-2-9-1)7-3-10-4-8-11/h1-8H2. The molecule has 3 heteroatoms. The number of hydrogen-bond acceptors (Lipinski definition) is 2. The van der Waals surface area contributed by atoms with Crippen LogP contribution in [-0.2, 0) is 9.47 Å². The zero-order valence-electron chi connectivity index (χ0n) is 6.88. The second kappa shape index (κ2) is 3.33. The highest BCUT2D eigenvalue weighted by Gasteiger charge is 2.28. The van der Waals surface area contributed by atoms with E-state index in [-0.39, 0.29) is 10.0 Å². The Morgan fingerprint density at radius 1 is 0.636 bits per heavy atom. The Morgan fingerprint density at radius 3 is 1.36 bits per heavy atom. The van der Waals surface area contributed by atoms with Gasteiger partial charge in [-0.25, -0.2) is 10.0 Å². The van der Waals surface area contributed by atoms with Crippen LogP contribution < -0.4 is 0 Å². The summed E-state index contributed by atoms with van der Waals surface area (Å²) in [5.41, 5.74) is 0. The highest BCUT2D eigenvalue weighted by Crippen LogP contribution is 2.50. The minimum atomic E-state index is -0.249.